The molecule has 0 aliphatic rings. The quantitative estimate of drug-likeness (QED) is 0.614. The smallest absolute Gasteiger partial charge is 0.366 e. The Morgan fingerprint density at radius 2 is 1.55 bits per heavy atom. The number of carbonyl (C=O) groups is 1. The summed E-state index contributed by atoms with van der Waals surface area (Å²) in [5, 5.41) is 0. The number of nitrogens with two attached hydrogens (primary N) is 1. The van der Waals surface area contributed by atoms with Gasteiger partial charge >= 0.3 is 6.18 Å². The summed E-state index contributed by atoms with van der Waals surface area (Å²) in [5.41, 5.74) is 8.00. The van der Waals surface area contributed by atoms with Gasteiger partial charge in [-0.3, -0.25) is 9.78 Å². The number of unbranched alkanes of at least 4 members (excludes halogenated alkanes) is 1. The summed E-state index contributed by atoms with van der Waals surface area (Å²) < 4.78 is 38.6. The highest BCUT2D eigenvalue weighted by Crippen LogP contribution is 2.33. The monoisotopic (exact) mass is 399 g/mol. The third kappa shape index (κ3) is 4.80. The Morgan fingerprint density at radius 3 is 2.10 bits per heavy atom. The van der Waals surface area contributed by atoms with Crippen LogP contribution < -0.4 is 5.73 Å². The molecule has 2 aromatic carbocycles. The molecule has 3 rings (SSSR count). The van der Waals surface area contributed by atoms with Crippen LogP contribution in [0.2, 0.25) is 0 Å². The molecule has 1 heterocycles. The SMILES string of the molecule is CCCCc1cnc(-c2ccc(C(F)(F)F)cc2)c(-c2ccc(C(N)=O)cc2)n1. The summed E-state index contributed by atoms with van der Waals surface area (Å²) in [5.74, 6) is -0.540. The van der Waals surface area contributed by atoms with Crippen LogP contribution in [0.5, 0.6) is 0 Å². The summed E-state index contributed by atoms with van der Waals surface area (Å²) in [6, 6.07) is 11.4. The lowest BCUT2D eigenvalue weighted by Gasteiger charge is -2.12. The van der Waals surface area contributed by atoms with Gasteiger partial charge in [-0.05, 0) is 37.1 Å². The van der Waals surface area contributed by atoms with E-state index >= 15 is 0 Å². The topological polar surface area (TPSA) is 68.9 Å². The van der Waals surface area contributed by atoms with Gasteiger partial charge < -0.3 is 5.73 Å². The summed E-state index contributed by atoms with van der Waals surface area (Å²) in [7, 11) is 0. The van der Waals surface area contributed by atoms with E-state index < -0.39 is 17.6 Å². The van der Waals surface area contributed by atoms with Crippen molar-refractivity contribution in [3.05, 3.63) is 71.5 Å². The first-order valence-electron chi connectivity index (χ1n) is 9.23. The molecule has 1 amide bonds. The Hall–Kier alpha value is -3.22. The fraction of sp³-hybridized carbons (Fsp3) is 0.227. The first-order valence-corrected chi connectivity index (χ1v) is 9.23. The highest BCUT2D eigenvalue weighted by atomic mass is 19.4. The normalized spacial score (nSPS) is 11.4. The van der Waals surface area contributed by atoms with Gasteiger partial charge in [-0.15, -0.1) is 0 Å². The first kappa shape index (κ1) is 20.5. The zero-order valence-corrected chi connectivity index (χ0v) is 15.8. The number of halogens is 3. The van der Waals surface area contributed by atoms with Crippen LogP contribution >= 0.6 is 0 Å². The van der Waals surface area contributed by atoms with Crippen molar-refractivity contribution >= 4 is 5.91 Å². The Bertz CT molecular complexity index is 997. The number of alkyl halides is 3. The van der Waals surface area contributed by atoms with Crippen LogP contribution in [-0.2, 0) is 12.6 Å². The molecular formula is C22H20F3N3O. The molecule has 0 unspecified atom stereocenters. The van der Waals surface area contributed by atoms with E-state index in [4.69, 9.17) is 10.7 Å². The van der Waals surface area contributed by atoms with Gasteiger partial charge in [0.05, 0.1) is 22.6 Å². The summed E-state index contributed by atoms with van der Waals surface area (Å²) in [6.07, 6.45) is -0.0337. The van der Waals surface area contributed by atoms with E-state index in [0.29, 0.717) is 28.1 Å². The Balaban J connectivity index is 2.07. The molecule has 7 heteroatoms. The second-order valence-electron chi connectivity index (χ2n) is 6.68. The number of carbonyl (C=O) groups excluding carboxylic acids is 1. The molecule has 0 spiro atoms. The van der Waals surface area contributed by atoms with Gasteiger partial charge in [-0.2, -0.15) is 13.2 Å². The molecule has 2 N–H and O–H groups in total. The molecule has 0 radical (unpaired) electrons. The lowest BCUT2D eigenvalue weighted by atomic mass is 10.0. The first-order chi connectivity index (χ1) is 13.8. The molecule has 4 nitrogen and oxygen atoms in total. The lowest BCUT2D eigenvalue weighted by molar-refractivity contribution is -0.137. The number of primary amides is 1. The molecule has 0 bridgehead atoms. The van der Waals surface area contributed by atoms with Gasteiger partial charge in [-0.25, -0.2) is 4.98 Å². The predicted octanol–water partition coefficient (Wildman–Crippen LogP) is 5.27. The minimum atomic E-state index is -4.40. The molecule has 0 saturated heterocycles. The lowest BCUT2D eigenvalue weighted by Crippen LogP contribution is -2.10. The summed E-state index contributed by atoms with van der Waals surface area (Å²) >= 11 is 0. The minimum Gasteiger partial charge on any atom is -0.366 e. The van der Waals surface area contributed by atoms with Crippen molar-refractivity contribution in [3.8, 4) is 22.5 Å². The second-order valence-corrected chi connectivity index (χ2v) is 6.68. The van der Waals surface area contributed by atoms with E-state index in [-0.39, 0.29) is 0 Å². The minimum absolute atomic E-state index is 0.361. The maximum Gasteiger partial charge on any atom is 0.416 e. The number of aromatic nitrogens is 2. The van der Waals surface area contributed by atoms with Crippen molar-refractivity contribution in [3.63, 3.8) is 0 Å². The molecule has 150 valence electrons. The van der Waals surface area contributed by atoms with Crippen LogP contribution in [0, 0.1) is 0 Å². The number of nitrogens with zero attached hydrogens (tertiary/aromatic N) is 2. The van der Waals surface area contributed by atoms with E-state index in [2.05, 4.69) is 11.9 Å². The van der Waals surface area contributed by atoms with Gasteiger partial charge in [-0.1, -0.05) is 37.6 Å². The van der Waals surface area contributed by atoms with Crippen LogP contribution in [0.4, 0.5) is 13.2 Å². The van der Waals surface area contributed by atoms with Crippen LogP contribution in [-0.4, -0.2) is 15.9 Å². The van der Waals surface area contributed by atoms with Crippen molar-refractivity contribution < 1.29 is 18.0 Å². The van der Waals surface area contributed by atoms with E-state index in [1.54, 1.807) is 30.5 Å². The van der Waals surface area contributed by atoms with Crippen molar-refractivity contribution in [2.45, 2.75) is 32.4 Å². The standard InChI is InChI=1S/C22H20F3N3O/c1-2-3-4-18-13-27-19(14-9-11-17(12-10-14)22(23,24)25)20(28-18)15-5-7-16(8-6-15)21(26)29/h5-13H,2-4H2,1H3,(H2,26,29). The zero-order valence-electron chi connectivity index (χ0n) is 15.8. The average Bonchev–Trinajstić information content (AvgIpc) is 2.71. The molecular weight excluding hydrogens is 379 g/mol. The van der Waals surface area contributed by atoms with Crippen LogP contribution in [0.25, 0.3) is 22.5 Å². The molecule has 0 aliphatic heterocycles. The number of hydrogen-bond acceptors (Lipinski definition) is 3. The Kier molecular flexibility index (Phi) is 5.96. The molecule has 29 heavy (non-hydrogen) atoms. The van der Waals surface area contributed by atoms with Crippen molar-refractivity contribution in [1.82, 2.24) is 9.97 Å². The van der Waals surface area contributed by atoms with E-state index in [0.717, 1.165) is 37.1 Å². The summed E-state index contributed by atoms with van der Waals surface area (Å²) in [6.45, 7) is 2.08. The van der Waals surface area contributed by atoms with Crippen molar-refractivity contribution in [2.75, 3.05) is 0 Å². The fourth-order valence-corrected chi connectivity index (χ4v) is 2.93. The highest BCUT2D eigenvalue weighted by molar-refractivity contribution is 5.93. The van der Waals surface area contributed by atoms with Gasteiger partial charge in [0.1, 0.15) is 0 Å². The maximum atomic E-state index is 12.9. The van der Waals surface area contributed by atoms with Gasteiger partial charge in [0.2, 0.25) is 5.91 Å². The third-order valence-electron chi connectivity index (χ3n) is 4.54. The number of amides is 1. The highest BCUT2D eigenvalue weighted by Gasteiger charge is 2.30. The molecule has 0 saturated carbocycles. The van der Waals surface area contributed by atoms with E-state index in [1.807, 2.05) is 0 Å². The van der Waals surface area contributed by atoms with Crippen molar-refractivity contribution in [2.24, 2.45) is 5.73 Å². The molecule has 0 aliphatic carbocycles. The molecule has 3 aromatic rings. The van der Waals surface area contributed by atoms with Gasteiger partial charge in [0.25, 0.3) is 0 Å². The molecule has 1 aromatic heterocycles. The zero-order chi connectivity index (χ0) is 21.0. The molecule has 0 atom stereocenters. The van der Waals surface area contributed by atoms with Crippen LogP contribution in [0.1, 0.15) is 41.4 Å². The van der Waals surface area contributed by atoms with Gasteiger partial charge in [0.15, 0.2) is 0 Å². The second kappa shape index (κ2) is 8.43. The average molecular weight is 399 g/mol. The predicted molar refractivity (Wildman–Crippen MR) is 105 cm³/mol. The van der Waals surface area contributed by atoms with E-state index in [9.17, 15) is 18.0 Å². The van der Waals surface area contributed by atoms with Crippen LogP contribution in [0.3, 0.4) is 0 Å². The van der Waals surface area contributed by atoms with E-state index in [1.165, 1.54) is 12.1 Å². The maximum absolute atomic E-state index is 12.9. The fourth-order valence-electron chi connectivity index (χ4n) is 2.93. The summed E-state index contributed by atoms with van der Waals surface area (Å²) in [4.78, 5) is 20.5. The number of benzene rings is 2. The molecule has 0 fully saturated rings. The largest absolute Gasteiger partial charge is 0.416 e. The van der Waals surface area contributed by atoms with Crippen molar-refractivity contribution in [1.29, 1.82) is 0 Å². The van der Waals surface area contributed by atoms with Crippen LogP contribution in [0.15, 0.2) is 54.7 Å². The Morgan fingerprint density at radius 1 is 0.966 bits per heavy atom. The number of hydrogen-bond donors (Lipinski definition) is 1. The third-order valence-corrected chi connectivity index (χ3v) is 4.54. The number of aryl methyl sites for hydroxylation is 1. The number of rotatable bonds is 6. The van der Waals surface area contributed by atoms with Gasteiger partial charge in [0, 0.05) is 22.9 Å². The Labute approximate surface area is 166 Å².